The molecule has 22 heteroatoms. The van der Waals surface area contributed by atoms with Crippen LogP contribution in [0.1, 0.15) is 91.2 Å². The van der Waals surface area contributed by atoms with Gasteiger partial charge in [-0.05, 0) is 122 Å². The maximum atomic E-state index is 12.5. The van der Waals surface area contributed by atoms with Crippen LogP contribution in [0.3, 0.4) is 0 Å². The van der Waals surface area contributed by atoms with Crippen LogP contribution >= 0.6 is 0 Å². The number of anilines is 2. The number of sulfonamides is 2. The molecule has 2 aromatic carbocycles. The number of benzene rings is 2. The van der Waals surface area contributed by atoms with Gasteiger partial charge < -0.3 is 30.4 Å². The maximum absolute atomic E-state index is 12.5. The van der Waals surface area contributed by atoms with Crippen LogP contribution in [0.15, 0.2) is 34.3 Å². The third kappa shape index (κ3) is 9.18. The minimum atomic E-state index is -4.33. The van der Waals surface area contributed by atoms with E-state index in [1.54, 1.807) is 0 Å². The van der Waals surface area contributed by atoms with Gasteiger partial charge in [0.25, 0.3) is 20.0 Å². The molecule has 4 aliphatic carbocycles. The number of rotatable bonds is 8. The van der Waals surface area contributed by atoms with Gasteiger partial charge in [-0.1, -0.05) is 12.1 Å². The van der Waals surface area contributed by atoms with Crippen LogP contribution in [0.2, 0.25) is 0 Å². The van der Waals surface area contributed by atoms with E-state index in [9.17, 15) is 46.2 Å². The Hall–Kier alpha value is -3.76. The van der Waals surface area contributed by atoms with Crippen molar-refractivity contribution in [3.05, 3.63) is 80.2 Å². The summed E-state index contributed by atoms with van der Waals surface area (Å²) in [5.41, 5.74) is 9.76. The van der Waals surface area contributed by atoms with Crippen LogP contribution in [0, 0.1) is 0 Å². The van der Waals surface area contributed by atoms with Crippen molar-refractivity contribution in [2.45, 2.75) is 87.1 Å². The van der Waals surface area contributed by atoms with Gasteiger partial charge in [0.15, 0.2) is 10.1 Å². The fourth-order valence-electron chi connectivity index (χ4n) is 8.09. The van der Waals surface area contributed by atoms with Gasteiger partial charge >= 0.3 is 71.2 Å². The largest absolute Gasteiger partial charge is 1.00 e. The maximum Gasteiger partial charge on any atom is 1.00 e. The second kappa shape index (κ2) is 17.8. The van der Waals surface area contributed by atoms with Crippen molar-refractivity contribution in [1.29, 1.82) is 0 Å². The van der Waals surface area contributed by atoms with Crippen LogP contribution in [0.5, 0.6) is 0 Å². The van der Waals surface area contributed by atoms with Gasteiger partial charge in [-0.3, -0.25) is 9.36 Å². The first-order valence-corrected chi connectivity index (χ1v) is 21.0. The molecule has 4 N–H and O–H groups in total. The summed E-state index contributed by atoms with van der Waals surface area (Å²) in [4.78, 5) is 46.9. The zero-order chi connectivity index (χ0) is 40.1. The molecule has 0 saturated carbocycles. The molecular formula is C36H38N8Na2O10S2. The summed E-state index contributed by atoms with van der Waals surface area (Å²) in [6, 6.07) is 4.33. The second-order valence-electron chi connectivity index (χ2n) is 14.1. The minimum Gasteiger partial charge on any atom is -0.543 e. The van der Waals surface area contributed by atoms with E-state index in [0.717, 1.165) is 121 Å². The fraction of sp³-hybridized carbons (Fsp3) is 0.389. The van der Waals surface area contributed by atoms with Crippen molar-refractivity contribution in [1.82, 2.24) is 29.0 Å². The SMILES string of the molecule is Cn1nc(S(=O)(=O)NC(=O)Nc2c3c(cc4c2CCC4)CCC3)cc1C(=O)[O-].Cn1nc(S(=O)(=O)NC(=O)Nc2c3c(cc4c2CCC4)CCC3)cc1C(=O)[O-].[Na+].[Na+]. The first kappa shape index (κ1) is 45.3. The molecule has 4 aromatic rings. The molecule has 4 aliphatic rings. The number of carboxylic acids is 2. The summed E-state index contributed by atoms with van der Waals surface area (Å²) in [5, 5.41) is 33.6. The minimum absolute atomic E-state index is 0. The van der Waals surface area contributed by atoms with Crippen molar-refractivity contribution in [2.75, 3.05) is 10.6 Å². The average Bonchev–Trinajstić information content (AvgIpc) is 3.96. The third-order valence-electron chi connectivity index (χ3n) is 10.6. The summed E-state index contributed by atoms with van der Waals surface area (Å²) in [7, 11) is -6.10. The van der Waals surface area contributed by atoms with E-state index < -0.39 is 65.5 Å². The molecule has 2 heterocycles. The molecule has 0 atom stereocenters. The number of fused-ring (bicyclic) bond motifs is 4. The van der Waals surface area contributed by atoms with E-state index in [1.807, 2.05) is 9.44 Å². The number of nitrogens with zero attached hydrogens (tertiary/aromatic N) is 4. The number of aromatic nitrogens is 4. The van der Waals surface area contributed by atoms with Crippen molar-refractivity contribution in [2.24, 2.45) is 14.1 Å². The Morgan fingerprint density at radius 2 is 0.828 bits per heavy atom. The Labute approximate surface area is 378 Å². The number of carbonyl (C=O) groups excluding carboxylic acids is 4. The van der Waals surface area contributed by atoms with Gasteiger partial charge in [-0.15, -0.1) is 0 Å². The van der Waals surface area contributed by atoms with Gasteiger partial charge in [0.2, 0.25) is 0 Å². The summed E-state index contributed by atoms with van der Waals surface area (Å²) in [6.07, 6.45) is 11.2. The normalized spacial score (nSPS) is 14.7. The fourth-order valence-corrected chi connectivity index (χ4v) is 9.88. The number of aromatic carboxylic acids is 2. The molecule has 18 nitrogen and oxygen atoms in total. The third-order valence-corrected chi connectivity index (χ3v) is 13.0. The zero-order valence-corrected chi connectivity index (χ0v) is 38.1. The van der Waals surface area contributed by atoms with Crippen LogP contribution in [-0.2, 0) is 85.5 Å². The van der Waals surface area contributed by atoms with Gasteiger partial charge in [-0.2, -0.15) is 27.0 Å². The predicted molar refractivity (Wildman–Crippen MR) is 195 cm³/mol. The Morgan fingerprint density at radius 3 is 1.09 bits per heavy atom. The van der Waals surface area contributed by atoms with E-state index in [-0.39, 0.29) is 59.1 Å². The standard InChI is InChI=1S/2C18H20N4O5S.2Na/c2*1-22-14(17(23)24)9-15(20-22)28(26,27)21-18(25)19-16-12-6-2-4-10(12)8-11-5-3-7-13(11)16;;/h2*8-9H,2-7H2,1H3,(H,23,24)(H2,19,21,25);;/q;;2*+1/p-2. The number of carboxylic acid groups (broad SMARTS) is 2. The zero-order valence-electron chi connectivity index (χ0n) is 32.5. The van der Waals surface area contributed by atoms with Gasteiger partial charge in [0.1, 0.15) is 0 Å². The summed E-state index contributed by atoms with van der Waals surface area (Å²) in [5.74, 6) is -3.12. The van der Waals surface area contributed by atoms with E-state index in [2.05, 4.69) is 33.0 Å². The molecule has 4 amide bonds. The molecule has 0 fully saturated rings. The Balaban J connectivity index is 0.000000214. The number of nitrogens with one attached hydrogen (secondary N) is 4. The van der Waals surface area contributed by atoms with E-state index in [1.165, 1.54) is 36.3 Å². The summed E-state index contributed by atoms with van der Waals surface area (Å²) in [6.45, 7) is 0. The molecular weight excluding hydrogens is 815 g/mol. The van der Waals surface area contributed by atoms with Crippen LogP contribution in [-0.4, -0.2) is 60.4 Å². The summed E-state index contributed by atoms with van der Waals surface area (Å²) < 4.78 is 55.3. The number of hydrogen-bond donors (Lipinski definition) is 4. The molecule has 0 bridgehead atoms. The van der Waals surface area contributed by atoms with E-state index >= 15 is 0 Å². The van der Waals surface area contributed by atoms with Gasteiger partial charge in [0.05, 0.1) is 23.3 Å². The number of amides is 4. The smallest absolute Gasteiger partial charge is 0.543 e. The van der Waals surface area contributed by atoms with Crippen molar-refractivity contribution in [3.63, 3.8) is 0 Å². The van der Waals surface area contributed by atoms with E-state index in [4.69, 9.17) is 0 Å². The summed E-state index contributed by atoms with van der Waals surface area (Å²) >= 11 is 0. The number of carbonyl (C=O) groups is 4. The second-order valence-corrected chi connectivity index (χ2v) is 17.4. The molecule has 0 aliphatic heterocycles. The first-order chi connectivity index (χ1) is 26.5. The van der Waals surface area contributed by atoms with Gasteiger partial charge in [-0.25, -0.2) is 19.0 Å². The van der Waals surface area contributed by atoms with Gasteiger partial charge in [0, 0.05) is 37.6 Å². The quantitative estimate of drug-likeness (QED) is 0.121. The Morgan fingerprint density at radius 1 is 0.534 bits per heavy atom. The predicted octanol–water partition coefficient (Wildman–Crippen LogP) is -5.45. The van der Waals surface area contributed by atoms with Crippen molar-refractivity contribution < 1.29 is 105 Å². The monoisotopic (exact) mass is 852 g/mol. The molecule has 2 aromatic heterocycles. The average molecular weight is 853 g/mol. The van der Waals surface area contributed by atoms with Crippen LogP contribution in [0.4, 0.5) is 21.0 Å². The molecule has 58 heavy (non-hydrogen) atoms. The first-order valence-electron chi connectivity index (χ1n) is 18.0. The Bertz CT molecular complexity index is 2330. The molecule has 0 spiro atoms. The topological polar surface area (TPSA) is 266 Å². The molecule has 0 unspecified atom stereocenters. The van der Waals surface area contributed by atoms with Crippen LogP contribution in [0.25, 0.3) is 0 Å². The number of hydrogen-bond acceptors (Lipinski definition) is 12. The number of urea groups is 2. The molecule has 296 valence electrons. The Kier molecular flexibility index (Phi) is 13.9. The molecule has 8 rings (SSSR count). The molecule has 0 radical (unpaired) electrons. The van der Waals surface area contributed by atoms with Crippen molar-refractivity contribution in [3.8, 4) is 0 Å². The molecule has 0 saturated heterocycles. The van der Waals surface area contributed by atoms with Crippen LogP contribution < -0.4 is 89.4 Å². The number of aryl methyl sites for hydroxylation is 6. The van der Waals surface area contributed by atoms with Crippen molar-refractivity contribution >= 4 is 55.4 Å². The van der Waals surface area contributed by atoms with E-state index in [0.29, 0.717) is 11.4 Å².